The van der Waals surface area contributed by atoms with Gasteiger partial charge in [-0.3, -0.25) is 0 Å². The average Bonchev–Trinajstić information content (AvgIpc) is 3.17. The van der Waals surface area contributed by atoms with Gasteiger partial charge in [0.1, 0.15) is 5.75 Å². The summed E-state index contributed by atoms with van der Waals surface area (Å²) >= 11 is 0. The summed E-state index contributed by atoms with van der Waals surface area (Å²) in [6.07, 6.45) is 0.952. The number of hydrogen-bond donors (Lipinski definition) is 1. The Morgan fingerprint density at radius 3 is 2.82 bits per heavy atom. The van der Waals surface area contributed by atoms with Gasteiger partial charge in [0.2, 0.25) is 5.09 Å². The molecule has 0 spiro atoms. The predicted octanol–water partition coefficient (Wildman–Crippen LogP) is 1.78. The Morgan fingerprint density at radius 1 is 1.32 bits per heavy atom. The van der Waals surface area contributed by atoms with Crippen LogP contribution in [0.1, 0.15) is 18.0 Å². The van der Waals surface area contributed by atoms with E-state index in [9.17, 15) is 13.5 Å². The number of ether oxygens (including phenoxy) is 1. The summed E-state index contributed by atoms with van der Waals surface area (Å²) < 4.78 is 36.8. The van der Waals surface area contributed by atoms with Crippen molar-refractivity contribution in [3.05, 3.63) is 48.2 Å². The number of furan rings is 1. The van der Waals surface area contributed by atoms with Crippen molar-refractivity contribution >= 4 is 10.0 Å². The van der Waals surface area contributed by atoms with Crippen LogP contribution in [0.3, 0.4) is 0 Å². The van der Waals surface area contributed by atoms with Crippen molar-refractivity contribution in [1.29, 1.82) is 0 Å². The number of rotatable bonds is 4. The first kappa shape index (κ1) is 15.1. The van der Waals surface area contributed by atoms with Crippen molar-refractivity contribution in [3.63, 3.8) is 0 Å². The molecule has 0 saturated carbocycles. The second-order valence-electron chi connectivity index (χ2n) is 5.19. The van der Waals surface area contributed by atoms with Gasteiger partial charge in [0.15, 0.2) is 0 Å². The Labute approximate surface area is 129 Å². The van der Waals surface area contributed by atoms with Gasteiger partial charge in [-0.15, -0.1) is 0 Å². The van der Waals surface area contributed by atoms with E-state index in [1.54, 1.807) is 25.3 Å². The molecule has 1 saturated heterocycles. The number of methoxy groups -OCH3 is 1. The minimum atomic E-state index is -3.78. The van der Waals surface area contributed by atoms with Gasteiger partial charge in [-0.2, -0.15) is 4.31 Å². The number of hydrogen-bond acceptors (Lipinski definition) is 5. The fraction of sp³-hybridized carbons (Fsp3) is 0.333. The Kier molecular flexibility index (Phi) is 3.94. The molecule has 1 aromatic carbocycles. The van der Waals surface area contributed by atoms with E-state index in [-0.39, 0.29) is 11.6 Å². The van der Waals surface area contributed by atoms with E-state index in [0.717, 1.165) is 5.56 Å². The Bertz CT molecular complexity index is 741. The van der Waals surface area contributed by atoms with Gasteiger partial charge >= 0.3 is 0 Å². The van der Waals surface area contributed by atoms with Crippen LogP contribution >= 0.6 is 0 Å². The quantitative estimate of drug-likeness (QED) is 0.928. The molecule has 6 nitrogen and oxygen atoms in total. The number of aliphatic hydroxyl groups excluding tert-OH is 1. The molecule has 2 heterocycles. The molecule has 1 aliphatic rings. The molecule has 0 aliphatic carbocycles. The fourth-order valence-electron chi connectivity index (χ4n) is 2.73. The van der Waals surface area contributed by atoms with Crippen LogP contribution in [0.2, 0.25) is 0 Å². The molecular weight excluding hydrogens is 306 g/mol. The van der Waals surface area contributed by atoms with E-state index in [4.69, 9.17) is 9.15 Å². The smallest absolute Gasteiger partial charge is 0.277 e. The minimum absolute atomic E-state index is 0.0465. The number of aliphatic hydroxyl groups is 1. The van der Waals surface area contributed by atoms with Gasteiger partial charge in [-0.25, -0.2) is 8.42 Å². The van der Waals surface area contributed by atoms with Crippen molar-refractivity contribution in [1.82, 2.24) is 4.31 Å². The summed E-state index contributed by atoms with van der Waals surface area (Å²) in [6.45, 7) is 0.0465. The van der Waals surface area contributed by atoms with Gasteiger partial charge in [0.05, 0.1) is 25.5 Å². The lowest BCUT2D eigenvalue weighted by molar-refractivity contribution is 0.188. The molecule has 7 heteroatoms. The third-order valence-electron chi connectivity index (χ3n) is 3.77. The maximum atomic E-state index is 12.7. The van der Waals surface area contributed by atoms with Crippen LogP contribution in [0.15, 0.2) is 52.2 Å². The van der Waals surface area contributed by atoms with Crippen LogP contribution in [0.25, 0.3) is 0 Å². The van der Waals surface area contributed by atoms with Crippen LogP contribution in [0.5, 0.6) is 5.75 Å². The zero-order chi connectivity index (χ0) is 15.7. The molecular formula is C15H17NO5S. The Balaban J connectivity index is 1.99. The van der Waals surface area contributed by atoms with Crippen LogP contribution in [-0.2, 0) is 10.0 Å². The van der Waals surface area contributed by atoms with E-state index in [2.05, 4.69) is 0 Å². The van der Waals surface area contributed by atoms with Crippen LogP contribution in [0, 0.1) is 0 Å². The standard InChI is InChI=1S/C15H17NO5S/c1-20-13-5-2-4-11(8-13)14-9-12(17)10-16(14)22(18,19)15-6-3-7-21-15/h2-8,12,14,17H,9-10H2,1H3/t12-,14+/m0/s1. The van der Waals surface area contributed by atoms with E-state index in [1.807, 2.05) is 6.07 Å². The molecule has 1 fully saturated rings. The molecule has 1 aliphatic heterocycles. The Morgan fingerprint density at radius 2 is 2.14 bits per heavy atom. The highest BCUT2D eigenvalue weighted by molar-refractivity contribution is 7.89. The van der Waals surface area contributed by atoms with E-state index in [0.29, 0.717) is 12.2 Å². The van der Waals surface area contributed by atoms with Crippen LogP contribution in [0.4, 0.5) is 0 Å². The lowest BCUT2D eigenvalue weighted by Crippen LogP contribution is -2.31. The van der Waals surface area contributed by atoms with Crippen molar-refractivity contribution in [2.45, 2.75) is 23.7 Å². The van der Waals surface area contributed by atoms with Crippen molar-refractivity contribution in [2.75, 3.05) is 13.7 Å². The molecule has 2 atom stereocenters. The third-order valence-corrected chi connectivity index (χ3v) is 5.53. The monoisotopic (exact) mass is 323 g/mol. The second-order valence-corrected chi connectivity index (χ2v) is 7.01. The molecule has 1 N–H and O–H groups in total. The largest absolute Gasteiger partial charge is 0.497 e. The van der Waals surface area contributed by atoms with Crippen molar-refractivity contribution in [3.8, 4) is 5.75 Å². The summed E-state index contributed by atoms with van der Waals surface area (Å²) in [5, 5.41) is 9.83. The maximum Gasteiger partial charge on any atom is 0.277 e. The molecule has 22 heavy (non-hydrogen) atoms. The normalized spacial score (nSPS) is 22.8. The summed E-state index contributed by atoms with van der Waals surface area (Å²) in [5.74, 6) is 0.647. The molecule has 0 bridgehead atoms. The topological polar surface area (TPSA) is 80.0 Å². The molecule has 3 rings (SSSR count). The maximum absolute atomic E-state index is 12.7. The molecule has 0 radical (unpaired) electrons. The average molecular weight is 323 g/mol. The Hall–Kier alpha value is -1.83. The van der Waals surface area contributed by atoms with Gasteiger partial charge in [-0.05, 0) is 36.2 Å². The van der Waals surface area contributed by atoms with Crippen molar-refractivity contribution in [2.24, 2.45) is 0 Å². The first-order chi connectivity index (χ1) is 10.5. The molecule has 0 amide bonds. The summed E-state index contributed by atoms with van der Waals surface area (Å²) in [6, 6.07) is 9.70. The highest BCUT2D eigenvalue weighted by Gasteiger charge is 2.41. The van der Waals surface area contributed by atoms with Gasteiger partial charge in [0.25, 0.3) is 10.0 Å². The zero-order valence-electron chi connectivity index (χ0n) is 12.0. The van der Waals surface area contributed by atoms with E-state index < -0.39 is 22.2 Å². The van der Waals surface area contributed by atoms with Gasteiger partial charge < -0.3 is 14.3 Å². The first-order valence-electron chi connectivity index (χ1n) is 6.89. The SMILES string of the molecule is COc1cccc([C@H]2C[C@H](O)CN2S(=O)(=O)c2ccco2)c1. The highest BCUT2D eigenvalue weighted by atomic mass is 32.2. The number of benzene rings is 1. The van der Waals surface area contributed by atoms with Gasteiger partial charge in [-0.1, -0.05) is 12.1 Å². The third kappa shape index (κ3) is 2.63. The predicted molar refractivity (Wildman–Crippen MR) is 79.0 cm³/mol. The van der Waals surface area contributed by atoms with Crippen LogP contribution < -0.4 is 4.74 Å². The highest BCUT2D eigenvalue weighted by Crippen LogP contribution is 2.37. The summed E-state index contributed by atoms with van der Waals surface area (Å²) in [5.41, 5.74) is 0.783. The molecule has 118 valence electrons. The second kappa shape index (κ2) is 5.75. The lowest BCUT2D eigenvalue weighted by atomic mass is 10.0. The van der Waals surface area contributed by atoms with E-state index in [1.165, 1.54) is 22.7 Å². The molecule has 0 unspecified atom stereocenters. The van der Waals surface area contributed by atoms with Gasteiger partial charge in [0, 0.05) is 6.54 Å². The number of sulfonamides is 1. The number of nitrogens with zero attached hydrogens (tertiary/aromatic N) is 1. The molecule has 1 aromatic heterocycles. The zero-order valence-corrected chi connectivity index (χ0v) is 12.9. The summed E-state index contributed by atoms with van der Waals surface area (Å²) in [4.78, 5) is 0. The van der Waals surface area contributed by atoms with Crippen molar-refractivity contribution < 1.29 is 22.7 Å². The lowest BCUT2D eigenvalue weighted by Gasteiger charge is -2.23. The summed E-state index contributed by atoms with van der Waals surface area (Å²) in [7, 11) is -2.22. The molecule has 2 aromatic rings. The minimum Gasteiger partial charge on any atom is -0.497 e. The van der Waals surface area contributed by atoms with E-state index >= 15 is 0 Å². The first-order valence-corrected chi connectivity index (χ1v) is 8.34. The number of β-amino-alcohol motifs (C(OH)–C–C–N with tert-alkyl or cyclic N) is 1. The fourth-order valence-corrected chi connectivity index (χ4v) is 4.30. The van der Waals surface area contributed by atoms with Crippen LogP contribution in [-0.4, -0.2) is 37.6 Å².